The van der Waals surface area contributed by atoms with Crippen LogP contribution in [0.25, 0.3) is 6.08 Å². The quantitative estimate of drug-likeness (QED) is 0.0233. The molecule has 2 aliphatic rings. The second-order valence-corrected chi connectivity index (χ2v) is 16.2. The molecular formula is C35H24N9Na3O12S3. The smallest absolute Gasteiger partial charge is 0.744 e. The first kappa shape index (κ1) is 52.1. The number of benzene rings is 4. The minimum atomic E-state index is -5.50. The normalized spacial score (nSPS) is 15.1. The summed E-state index contributed by atoms with van der Waals surface area (Å²) in [5.41, 5.74) is 14.5. The molecule has 1 amide bonds. The number of azo groups is 1. The molecule has 27 heteroatoms. The number of anilines is 4. The van der Waals surface area contributed by atoms with E-state index in [9.17, 15) is 53.3 Å². The van der Waals surface area contributed by atoms with E-state index in [1.807, 2.05) is 0 Å². The molecular weight excluding hydrogens is 904 g/mol. The van der Waals surface area contributed by atoms with Gasteiger partial charge in [-0.1, -0.05) is 0 Å². The van der Waals surface area contributed by atoms with Crippen LogP contribution in [0.3, 0.4) is 0 Å². The Hall–Kier alpha value is -4.22. The molecule has 2 aliphatic carbocycles. The summed E-state index contributed by atoms with van der Waals surface area (Å²) in [6.45, 7) is 0. The molecule has 0 aliphatic heterocycles. The standard InChI is InChI=1S/C35H27N9O12S3.3Na/c36-20-3-14-26(27(45)17-20)42-39-23-8-6-21(7-9-23)38-35(47)18-1-4-22(5-2-18)40-43-32-28(58(51,52)53)15-19-16-29(59(54,55)56)33(34(46)30(19)31(32)37)44-41-24-10-12-25(13-11-24)57(48,49)50;;;/h1-17,39,41H,36-37H2,(H,38,47)(H,48,49,50)(H,51,52,53)(H,54,55,56);;;/q;3*+1/p-3/b42-26-,43-40?,44-33-;;;. The molecule has 6 rings (SSSR count). The average molecular weight is 928 g/mol. The van der Waals surface area contributed by atoms with Crippen molar-refractivity contribution in [2.75, 3.05) is 21.9 Å². The first-order chi connectivity index (χ1) is 27.7. The van der Waals surface area contributed by atoms with Crippen molar-refractivity contribution in [3.63, 3.8) is 0 Å². The van der Waals surface area contributed by atoms with Gasteiger partial charge in [0.25, 0.3) is 5.91 Å². The number of amides is 1. The molecule has 4 aromatic rings. The van der Waals surface area contributed by atoms with Gasteiger partial charge in [0.05, 0.1) is 43.0 Å². The molecule has 0 radical (unpaired) electrons. The average Bonchev–Trinajstić information content (AvgIpc) is 3.16. The van der Waals surface area contributed by atoms with Crippen LogP contribution in [0.4, 0.5) is 34.1 Å². The fraction of sp³-hybridized carbons (Fsp3) is 0. The number of nitrogens with two attached hydrogens (primary N) is 2. The summed E-state index contributed by atoms with van der Waals surface area (Å²) in [5, 5.41) is 18.1. The zero-order valence-corrected chi connectivity index (χ0v) is 40.8. The van der Waals surface area contributed by atoms with E-state index in [4.69, 9.17) is 11.5 Å². The van der Waals surface area contributed by atoms with E-state index < -0.39 is 85.0 Å². The van der Waals surface area contributed by atoms with Crippen LogP contribution in [-0.2, 0) is 35.1 Å². The predicted octanol–water partition coefficient (Wildman–Crippen LogP) is -5.94. The Morgan fingerprint density at radius 3 is 1.76 bits per heavy atom. The van der Waals surface area contributed by atoms with E-state index in [2.05, 4.69) is 36.6 Å². The van der Waals surface area contributed by atoms with Gasteiger partial charge in [-0.2, -0.15) is 15.3 Å². The Balaban J connectivity index is 0.00000341. The van der Waals surface area contributed by atoms with Crippen molar-refractivity contribution < 1.29 is 142 Å². The fourth-order valence-electron chi connectivity index (χ4n) is 5.27. The Morgan fingerprint density at radius 2 is 1.21 bits per heavy atom. The van der Waals surface area contributed by atoms with Crippen LogP contribution in [-0.4, -0.2) is 67.8 Å². The molecule has 62 heavy (non-hydrogen) atoms. The van der Waals surface area contributed by atoms with Gasteiger partial charge in [-0.15, -0.1) is 5.11 Å². The summed E-state index contributed by atoms with van der Waals surface area (Å²) in [5.74, 6) is -2.23. The SMILES string of the molecule is NC1=CC(=O)/C(=N\Nc2ccc(NC(=O)c3ccc(N=Nc4c(S(=O)(=O)[O-])cc5c(c4N)C(=O)/C(=N\Nc4ccc(S(=O)(=O)[O-])cc4)C(S(=O)(=O)[O-])=C5)cc3)cc2)C=C1.[Na+].[Na+].[Na+]. The molecule has 0 aromatic heterocycles. The Labute approximate surface area is 419 Å². The molecule has 7 N–H and O–H groups in total. The number of carbonyl (C=O) groups excluding carboxylic acids is 3. The number of hydrazone groups is 2. The molecule has 0 atom stereocenters. The topological polar surface area (TPSA) is 360 Å². The summed E-state index contributed by atoms with van der Waals surface area (Å²) in [7, 11) is -15.8. The van der Waals surface area contributed by atoms with E-state index in [0.29, 0.717) is 29.2 Å². The molecule has 302 valence electrons. The van der Waals surface area contributed by atoms with Crippen molar-refractivity contribution in [1.29, 1.82) is 0 Å². The van der Waals surface area contributed by atoms with E-state index in [1.165, 1.54) is 42.5 Å². The largest absolute Gasteiger partial charge is 1.00 e. The molecule has 0 spiro atoms. The van der Waals surface area contributed by atoms with Gasteiger partial charge in [0.15, 0.2) is 0 Å². The number of Topliss-reactive ketones (excluding diaryl/α,β-unsaturated/α-hetero) is 1. The van der Waals surface area contributed by atoms with Crippen molar-refractivity contribution in [2.45, 2.75) is 9.79 Å². The van der Waals surface area contributed by atoms with Gasteiger partial charge >= 0.3 is 88.7 Å². The van der Waals surface area contributed by atoms with Crippen LogP contribution in [0.5, 0.6) is 0 Å². The number of nitrogen functional groups attached to an aromatic ring is 1. The van der Waals surface area contributed by atoms with Crippen molar-refractivity contribution in [3.8, 4) is 0 Å². The third-order valence-corrected chi connectivity index (χ3v) is 10.7. The fourth-order valence-corrected chi connectivity index (χ4v) is 7.04. The minimum Gasteiger partial charge on any atom is -0.744 e. The van der Waals surface area contributed by atoms with E-state index >= 15 is 0 Å². The Morgan fingerprint density at radius 1 is 0.645 bits per heavy atom. The molecule has 0 unspecified atom stereocenters. The predicted molar refractivity (Wildman–Crippen MR) is 209 cm³/mol. The molecule has 0 saturated heterocycles. The second-order valence-electron chi connectivity index (χ2n) is 12.1. The maximum absolute atomic E-state index is 13.7. The van der Waals surface area contributed by atoms with Crippen LogP contribution < -0.4 is 116 Å². The molecule has 0 saturated carbocycles. The van der Waals surface area contributed by atoms with Gasteiger partial charge in [0.2, 0.25) is 11.6 Å². The first-order valence-electron chi connectivity index (χ1n) is 16.2. The van der Waals surface area contributed by atoms with Gasteiger partial charge in [-0.25, -0.2) is 25.3 Å². The zero-order valence-electron chi connectivity index (χ0n) is 32.4. The number of carbonyl (C=O) groups is 3. The van der Waals surface area contributed by atoms with E-state index in [-0.39, 0.29) is 117 Å². The minimum absolute atomic E-state index is 0. The molecule has 0 heterocycles. The van der Waals surface area contributed by atoms with Gasteiger partial charge in [0, 0.05) is 23.0 Å². The van der Waals surface area contributed by atoms with Gasteiger partial charge in [-0.3, -0.25) is 25.2 Å². The third-order valence-electron chi connectivity index (χ3n) is 8.10. The van der Waals surface area contributed by atoms with Crippen LogP contribution in [0, 0.1) is 0 Å². The molecule has 0 bridgehead atoms. The number of hydrogen-bond acceptors (Lipinski definition) is 20. The van der Waals surface area contributed by atoms with Crippen molar-refractivity contribution in [1.82, 2.24) is 0 Å². The van der Waals surface area contributed by atoms with Crippen LogP contribution in [0.15, 0.2) is 138 Å². The summed E-state index contributed by atoms with van der Waals surface area (Å²) in [4.78, 5) is 35.6. The van der Waals surface area contributed by atoms with Crippen molar-refractivity contribution in [2.24, 2.45) is 26.2 Å². The first-order valence-corrected chi connectivity index (χ1v) is 20.4. The maximum Gasteiger partial charge on any atom is 1.00 e. The number of fused-ring (bicyclic) bond motifs is 1. The van der Waals surface area contributed by atoms with Crippen LogP contribution >= 0.6 is 0 Å². The summed E-state index contributed by atoms with van der Waals surface area (Å²) in [6, 6.07) is 16.1. The number of nitrogens with zero attached hydrogens (tertiary/aromatic N) is 4. The zero-order chi connectivity index (χ0) is 42.9. The van der Waals surface area contributed by atoms with Gasteiger partial charge in [0.1, 0.15) is 47.5 Å². The van der Waals surface area contributed by atoms with Crippen molar-refractivity contribution >= 4 is 99.5 Å². The van der Waals surface area contributed by atoms with Gasteiger partial charge < -0.3 is 30.4 Å². The monoisotopic (exact) mass is 927 g/mol. The summed E-state index contributed by atoms with van der Waals surface area (Å²) >= 11 is 0. The molecule has 21 nitrogen and oxygen atoms in total. The van der Waals surface area contributed by atoms with Crippen LogP contribution in [0.1, 0.15) is 26.3 Å². The van der Waals surface area contributed by atoms with Crippen LogP contribution in [0.2, 0.25) is 0 Å². The van der Waals surface area contributed by atoms with Gasteiger partial charge in [-0.05, 0) is 103 Å². The Bertz CT molecular complexity index is 3000. The second kappa shape index (κ2) is 21.0. The van der Waals surface area contributed by atoms with E-state index in [0.717, 1.165) is 24.3 Å². The third kappa shape index (κ3) is 12.5. The number of nitrogens with one attached hydrogen (secondary N) is 3. The number of allylic oxidation sites excluding steroid dienone is 4. The number of hydrogen-bond donors (Lipinski definition) is 5. The molecule has 0 fully saturated rings. The van der Waals surface area contributed by atoms with E-state index in [1.54, 1.807) is 24.3 Å². The maximum atomic E-state index is 13.7. The number of rotatable bonds is 11. The molecule has 4 aromatic carbocycles. The summed E-state index contributed by atoms with van der Waals surface area (Å²) in [6.07, 6.45) is 4.81. The number of ketones is 2. The van der Waals surface area contributed by atoms with Crippen molar-refractivity contribution in [3.05, 3.63) is 124 Å². The summed E-state index contributed by atoms with van der Waals surface area (Å²) < 4.78 is 107. The Kier molecular flexibility index (Phi) is 17.6.